The van der Waals surface area contributed by atoms with E-state index in [9.17, 15) is 14.4 Å². The Balaban J connectivity index is 1.79. The first-order chi connectivity index (χ1) is 13.0. The third-order valence-electron chi connectivity index (χ3n) is 4.33. The zero-order chi connectivity index (χ0) is 19.4. The molecule has 6 heteroatoms. The van der Waals surface area contributed by atoms with Gasteiger partial charge in [0.1, 0.15) is 17.8 Å². The van der Waals surface area contributed by atoms with Gasteiger partial charge < -0.3 is 14.4 Å². The molecule has 2 aromatic carbocycles. The van der Waals surface area contributed by atoms with Gasteiger partial charge in [0, 0.05) is 17.7 Å². The maximum absolute atomic E-state index is 12.8. The third kappa shape index (κ3) is 4.00. The summed E-state index contributed by atoms with van der Waals surface area (Å²) in [6.07, 6.45) is 0.835. The lowest BCUT2D eigenvalue weighted by Gasteiger charge is -2.29. The summed E-state index contributed by atoms with van der Waals surface area (Å²) in [5, 5.41) is 0. The van der Waals surface area contributed by atoms with Gasteiger partial charge in [-0.3, -0.25) is 14.4 Å². The first-order valence-corrected chi connectivity index (χ1v) is 8.86. The standard InChI is InChI=1S/C21H21NO5/c1-3-10-22-18-11-16(6-9-19(18)26-13-20(22)24)21(25)14(2)27-17-7-4-15(12-23)5-8-17/h4-9,11-12,14H,3,10,13H2,1-2H3. The van der Waals surface area contributed by atoms with Crippen LogP contribution in [0.25, 0.3) is 0 Å². The van der Waals surface area contributed by atoms with Crippen LogP contribution < -0.4 is 14.4 Å². The van der Waals surface area contributed by atoms with Crippen molar-refractivity contribution in [2.75, 3.05) is 18.1 Å². The van der Waals surface area contributed by atoms with Gasteiger partial charge in [-0.1, -0.05) is 6.92 Å². The summed E-state index contributed by atoms with van der Waals surface area (Å²) in [6.45, 7) is 4.24. The van der Waals surface area contributed by atoms with Gasteiger partial charge in [0.25, 0.3) is 5.91 Å². The normalized spacial score (nSPS) is 14.1. The summed E-state index contributed by atoms with van der Waals surface area (Å²) in [4.78, 5) is 37.3. The summed E-state index contributed by atoms with van der Waals surface area (Å²) in [5.74, 6) is 0.781. The number of aldehydes is 1. The summed E-state index contributed by atoms with van der Waals surface area (Å²) in [7, 11) is 0. The molecule has 1 atom stereocenters. The highest BCUT2D eigenvalue weighted by Crippen LogP contribution is 2.33. The quantitative estimate of drug-likeness (QED) is 0.555. The van der Waals surface area contributed by atoms with Crippen molar-refractivity contribution in [3.63, 3.8) is 0 Å². The number of anilines is 1. The van der Waals surface area contributed by atoms with Crippen LogP contribution in [0.3, 0.4) is 0 Å². The molecular formula is C21H21NO5. The predicted molar refractivity (Wildman–Crippen MR) is 101 cm³/mol. The molecule has 0 saturated carbocycles. The Bertz CT molecular complexity index is 859. The summed E-state index contributed by atoms with van der Waals surface area (Å²) < 4.78 is 11.2. The van der Waals surface area contributed by atoms with E-state index in [2.05, 4.69) is 0 Å². The molecule has 0 radical (unpaired) electrons. The second-order valence-electron chi connectivity index (χ2n) is 6.33. The Kier molecular flexibility index (Phi) is 5.54. The number of Topliss-reactive ketones (excluding diaryl/α,β-unsaturated/α-hetero) is 1. The van der Waals surface area contributed by atoms with Crippen LogP contribution in [0.5, 0.6) is 11.5 Å². The first-order valence-electron chi connectivity index (χ1n) is 8.86. The number of hydrogen-bond acceptors (Lipinski definition) is 5. The number of rotatable bonds is 7. The van der Waals surface area contributed by atoms with Gasteiger partial charge in [-0.25, -0.2) is 0 Å². The fourth-order valence-electron chi connectivity index (χ4n) is 2.94. The number of carbonyl (C=O) groups excluding carboxylic acids is 3. The second-order valence-corrected chi connectivity index (χ2v) is 6.33. The van der Waals surface area contributed by atoms with E-state index in [1.807, 2.05) is 6.92 Å². The van der Waals surface area contributed by atoms with Gasteiger partial charge in [-0.15, -0.1) is 0 Å². The molecule has 3 rings (SSSR count). The molecule has 0 aliphatic carbocycles. The third-order valence-corrected chi connectivity index (χ3v) is 4.33. The van der Waals surface area contributed by atoms with Gasteiger partial charge in [0.15, 0.2) is 12.7 Å². The van der Waals surface area contributed by atoms with Crippen molar-refractivity contribution in [2.45, 2.75) is 26.4 Å². The molecule has 1 amide bonds. The van der Waals surface area contributed by atoms with Crippen molar-refractivity contribution in [1.29, 1.82) is 0 Å². The van der Waals surface area contributed by atoms with E-state index in [-0.39, 0.29) is 18.3 Å². The van der Waals surface area contributed by atoms with Crippen molar-refractivity contribution in [3.8, 4) is 11.5 Å². The molecular weight excluding hydrogens is 346 g/mol. The van der Waals surface area contributed by atoms with Gasteiger partial charge in [0.2, 0.25) is 5.78 Å². The lowest BCUT2D eigenvalue weighted by atomic mass is 10.0. The molecule has 1 heterocycles. The highest BCUT2D eigenvalue weighted by molar-refractivity contribution is 6.03. The Morgan fingerprint density at radius 2 is 2.00 bits per heavy atom. The van der Waals surface area contributed by atoms with Crippen LogP contribution in [0.4, 0.5) is 5.69 Å². The Morgan fingerprint density at radius 1 is 1.26 bits per heavy atom. The average molecular weight is 367 g/mol. The molecule has 0 fully saturated rings. The second kappa shape index (κ2) is 8.03. The van der Waals surface area contributed by atoms with E-state index in [0.29, 0.717) is 34.9 Å². The van der Waals surface area contributed by atoms with Crippen LogP contribution in [0.2, 0.25) is 0 Å². The number of fused-ring (bicyclic) bond motifs is 1. The number of carbonyl (C=O) groups is 3. The highest BCUT2D eigenvalue weighted by Gasteiger charge is 2.27. The monoisotopic (exact) mass is 367 g/mol. The lowest BCUT2D eigenvalue weighted by molar-refractivity contribution is -0.121. The Morgan fingerprint density at radius 3 is 2.67 bits per heavy atom. The summed E-state index contributed by atoms with van der Waals surface area (Å²) >= 11 is 0. The number of benzene rings is 2. The molecule has 0 aromatic heterocycles. The first kappa shape index (κ1) is 18.6. The topological polar surface area (TPSA) is 72.9 Å². The number of hydrogen-bond donors (Lipinski definition) is 0. The van der Waals surface area contributed by atoms with Crippen molar-refractivity contribution in [2.24, 2.45) is 0 Å². The Labute approximate surface area is 157 Å². The number of ketones is 1. The molecule has 6 nitrogen and oxygen atoms in total. The molecule has 1 aliphatic rings. The van der Waals surface area contributed by atoms with Gasteiger partial charge in [-0.05, 0) is 55.8 Å². The van der Waals surface area contributed by atoms with Crippen molar-refractivity contribution in [1.82, 2.24) is 0 Å². The van der Waals surface area contributed by atoms with Crippen LogP contribution in [0.15, 0.2) is 42.5 Å². The summed E-state index contributed by atoms with van der Waals surface area (Å²) in [6, 6.07) is 11.6. The van der Waals surface area contributed by atoms with E-state index < -0.39 is 6.10 Å². The van der Waals surface area contributed by atoms with Crippen molar-refractivity contribution >= 4 is 23.7 Å². The number of nitrogens with zero attached hydrogens (tertiary/aromatic N) is 1. The van der Waals surface area contributed by atoms with Crippen LogP contribution in [-0.2, 0) is 4.79 Å². The maximum Gasteiger partial charge on any atom is 0.265 e. The zero-order valence-electron chi connectivity index (χ0n) is 15.3. The minimum Gasteiger partial charge on any atom is -0.483 e. The molecule has 1 aliphatic heterocycles. The van der Waals surface area contributed by atoms with E-state index >= 15 is 0 Å². The minimum atomic E-state index is -0.718. The molecule has 0 spiro atoms. The van der Waals surface area contributed by atoms with E-state index in [1.54, 1.807) is 54.3 Å². The van der Waals surface area contributed by atoms with Gasteiger partial charge >= 0.3 is 0 Å². The SMILES string of the molecule is CCCN1C(=O)COc2ccc(C(=O)C(C)Oc3ccc(C=O)cc3)cc21. The maximum atomic E-state index is 12.8. The molecule has 0 bridgehead atoms. The molecule has 27 heavy (non-hydrogen) atoms. The summed E-state index contributed by atoms with van der Waals surface area (Å²) in [5.41, 5.74) is 1.60. The smallest absolute Gasteiger partial charge is 0.265 e. The van der Waals surface area contributed by atoms with E-state index in [1.165, 1.54) is 0 Å². The molecule has 0 N–H and O–H groups in total. The average Bonchev–Trinajstić information content (AvgIpc) is 2.70. The van der Waals surface area contributed by atoms with E-state index in [0.717, 1.165) is 12.7 Å². The predicted octanol–water partition coefficient (Wildman–Crippen LogP) is 3.28. The minimum absolute atomic E-state index is 0.0105. The number of amides is 1. The van der Waals surface area contributed by atoms with E-state index in [4.69, 9.17) is 9.47 Å². The molecule has 2 aromatic rings. The lowest BCUT2D eigenvalue weighted by Crippen LogP contribution is -2.39. The largest absolute Gasteiger partial charge is 0.483 e. The van der Waals surface area contributed by atoms with Gasteiger partial charge in [-0.2, -0.15) is 0 Å². The number of ether oxygens (including phenoxy) is 2. The Hall–Kier alpha value is -3.15. The zero-order valence-corrected chi connectivity index (χ0v) is 15.3. The fraction of sp³-hybridized carbons (Fsp3) is 0.286. The fourth-order valence-corrected chi connectivity index (χ4v) is 2.94. The van der Waals surface area contributed by atoms with Crippen LogP contribution in [-0.4, -0.2) is 37.2 Å². The van der Waals surface area contributed by atoms with Crippen molar-refractivity contribution < 1.29 is 23.9 Å². The molecule has 140 valence electrons. The highest BCUT2D eigenvalue weighted by atomic mass is 16.5. The molecule has 1 unspecified atom stereocenters. The molecule has 0 saturated heterocycles. The van der Waals surface area contributed by atoms with Crippen LogP contribution in [0.1, 0.15) is 41.0 Å². The van der Waals surface area contributed by atoms with Crippen LogP contribution >= 0.6 is 0 Å². The van der Waals surface area contributed by atoms with Crippen LogP contribution in [0, 0.1) is 0 Å². The van der Waals surface area contributed by atoms with Crippen molar-refractivity contribution in [3.05, 3.63) is 53.6 Å². The van der Waals surface area contributed by atoms with Gasteiger partial charge in [0.05, 0.1) is 5.69 Å².